The minimum absolute atomic E-state index is 0.428. The number of nitriles is 1. The first kappa shape index (κ1) is 20.2. The summed E-state index contributed by atoms with van der Waals surface area (Å²) in [6, 6.07) is 15.4. The number of methoxy groups -OCH3 is 2. The summed E-state index contributed by atoms with van der Waals surface area (Å²) in [6.45, 7) is 2.58. The largest absolute Gasteiger partial charge is 0.497 e. The molecular weight excluding hydrogens is 386 g/mol. The number of anilines is 1. The van der Waals surface area contributed by atoms with Gasteiger partial charge in [0.1, 0.15) is 33.9 Å². The number of hydrogen-bond donors (Lipinski definition) is 1. The van der Waals surface area contributed by atoms with Crippen LogP contribution in [-0.2, 0) is 0 Å². The normalized spacial score (nSPS) is 10.9. The lowest BCUT2D eigenvalue weighted by Gasteiger charge is -2.10. The molecule has 0 amide bonds. The van der Waals surface area contributed by atoms with Crippen LogP contribution in [0.1, 0.15) is 11.9 Å². The Morgan fingerprint density at radius 2 is 1.90 bits per heavy atom. The first-order chi connectivity index (χ1) is 14.2. The molecular formula is C22H21N3O3S. The number of allylic oxidation sites excluding steroid dienone is 1. The quantitative estimate of drug-likeness (QED) is 0.517. The number of thiazole rings is 1. The molecule has 1 heterocycles. The minimum Gasteiger partial charge on any atom is -0.497 e. The molecule has 0 aliphatic heterocycles. The highest BCUT2D eigenvalue weighted by Crippen LogP contribution is 2.31. The van der Waals surface area contributed by atoms with E-state index in [1.54, 1.807) is 32.6 Å². The van der Waals surface area contributed by atoms with Crippen molar-refractivity contribution in [1.82, 2.24) is 4.98 Å². The number of hydrogen-bond acceptors (Lipinski definition) is 7. The van der Waals surface area contributed by atoms with Crippen LogP contribution >= 0.6 is 11.3 Å². The Balaban J connectivity index is 1.81. The molecule has 0 saturated heterocycles. The number of nitrogens with one attached hydrogen (secondary N) is 1. The van der Waals surface area contributed by atoms with E-state index >= 15 is 0 Å². The lowest BCUT2D eigenvalue weighted by atomic mass is 10.2. The molecule has 0 aliphatic rings. The Morgan fingerprint density at radius 1 is 1.14 bits per heavy atom. The first-order valence-electron chi connectivity index (χ1n) is 8.96. The molecule has 29 heavy (non-hydrogen) atoms. The van der Waals surface area contributed by atoms with Crippen LogP contribution in [0.5, 0.6) is 17.2 Å². The van der Waals surface area contributed by atoms with E-state index in [4.69, 9.17) is 14.2 Å². The minimum atomic E-state index is 0.428. The maximum absolute atomic E-state index is 9.60. The average Bonchev–Trinajstić information content (AvgIpc) is 3.25. The second kappa shape index (κ2) is 9.62. The molecule has 6 nitrogen and oxygen atoms in total. The zero-order valence-electron chi connectivity index (χ0n) is 16.4. The third kappa shape index (κ3) is 4.86. The molecule has 3 aromatic rings. The predicted octanol–water partition coefficient (Wildman–Crippen LogP) is 5.20. The van der Waals surface area contributed by atoms with Crippen LogP contribution in [0.2, 0.25) is 0 Å². The van der Waals surface area contributed by atoms with E-state index in [9.17, 15) is 5.26 Å². The monoisotopic (exact) mass is 407 g/mol. The first-order valence-corrected chi connectivity index (χ1v) is 9.84. The van der Waals surface area contributed by atoms with Gasteiger partial charge in [0.15, 0.2) is 0 Å². The van der Waals surface area contributed by atoms with E-state index in [-0.39, 0.29) is 0 Å². The van der Waals surface area contributed by atoms with E-state index in [2.05, 4.69) is 16.4 Å². The fourth-order valence-electron chi connectivity index (χ4n) is 2.64. The van der Waals surface area contributed by atoms with Crippen molar-refractivity contribution < 1.29 is 14.2 Å². The van der Waals surface area contributed by atoms with E-state index in [1.165, 1.54) is 11.3 Å². The molecule has 2 aromatic carbocycles. The molecule has 7 heteroatoms. The van der Waals surface area contributed by atoms with Crippen LogP contribution in [0.4, 0.5) is 5.69 Å². The van der Waals surface area contributed by atoms with Gasteiger partial charge in [0.2, 0.25) is 0 Å². The van der Waals surface area contributed by atoms with Gasteiger partial charge in [0.25, 0.3) is 0 Å². The fourth-order valence-corrected chi connectivity index (χ4v) is 3.43. The summed E-state index contributed by atoms with van der Waals surface area (Å²) >= 11 is 1.42. The Bertz CT molecular complexity index is 1040. The van der Waals surface area contributed by atoms with Gasteiger partial charge in [-0.25, -0.2) is 4.98 Å². The standard InChI is InChI=1S/C22H21N3O3S/c1-4-28-17-7-5-15(6-8-17)20-14-29-22(25-20)16(12-23)13-24-19-11-18(26-2)9-10-21(19)27-3/h5-11,13-14,24H,4H2,1-3H3/b16-13-. The van der Waals surface area contributed by atoms with Crippen LogP contribution < -0.4 is 19.5 Å². The van der Waals surface area contributed by atoms with Crippen molar-refractivity contribution in [2.45, 2.75) is 6.92 Å². The number of rotatable bonds is 8. The molecule has 1 N–H and O–H groups in total. The Morgan fingerprint density at radius 3 is 2.55 bits per heavy atom. The molecule has 1 aromatic heterocycles. The van der Waals surface area contributed by atoms with Gasteiger partial charge in [-0.3, -0.25) is 0 Å². The lowest BCUT2D eigenvalue weighted by molar-refractivity contribution is 0.340. The maximum atomic E-state index is 9.60. The molecule has 0 aliphatic carbocycles. The number of aromatic nitrogens is 1. The molecule has 3 rings (SSSR count). The van der Waals surface area contributed by atoms with Crippen molar-refractivity contribution >= 4 is 22.6 Å². The second-order valence-corrected chi connectivity index (χ2v) is 6.73. The zero-order valence-corrected chi connectivity index (χ0v) is 17.2. The van der Waals surface area contributed by atoms with Gasteiger partial charge >= 0.3 is 0 Å². The van der Waals surface area contributed by atoms with E-state index in [0.717, 1.165) is 17.0 Å². The van der Waals surface area contributed by atoms with Gasteiger partial charge in [-0.2, -0.15) is 5.26 Å². The van der Waals surface area contributed by atoms with Crippen LogP contribution in [0.25, 0.3) is 16.8 Å². The molecule has 0 unspecified atom stereocenters. The van der Waals surface area contributed by atoms with Crippen molar-refractivity contribution in [3.05, 3.63) is 59.1 Å². The molecule has 0 saturated carbocycles. The van der Waals surface area contributed by atoms with Gasteiger partial charge in [0, 0.05) is 23.2 Å². The molecule has 0 spiro atoms. The van der Waals surface area contributed by atoms with E-state index < -0.39 is 0 Å². The topological polar surface area (TPSA) is 76.4 Å². The highest BCUT2D eigenvalue weighted by Gasteiger charge is 2.10. The average molecular weight is 407 g/mol. The third-order valence-electron chi connectivity index (χ3n) is 4.09. The van der Waals surface area contributed by atoms with Crippen molar-refractivity contribution in [1.29, 1.82) is 5.26 Å². The SMILES string of the molecule is CCOc1ccc(-c2csc(/C(C#N)=C\Nc3cc(OC)ccc3OC)n2)cc1. The lowest BCUT2D eigenvalue weighted by Crippen LogP contribution is -1.96. The number of ether oxygens (including phenoxy) is 3. The zero-order chi connectivity index (χ0) is 20.6. The van der Waals surface area contributed by atoms with Gasteiger partial charge in [-0.15, -0.1) is 11.3 Å². The summed E-state index contributed by atoms with van der Waals surface area (Å²) < 4.78 is 16.1. The van der Waals surface area contributed by atoms with Gasteiger partial charge in [-0.05, 0) is 43.3 Å². The van der Waals surface area contributed by atoms with Crippen LogP contribution in [0.3, 0.4) is 0 Å². The Kier molecular flexibility index (Phi) is 6.72. The fraction of sp³-hybridized carbons (Fsp3) is 0.182. The maximum Gasteiger partial charge on any atom is 0.142 e. The van der Waals surface area contributed by atoms with Crippen molar-refractivity contribution in [3.63, 3.8) is 0 Å². The van der Waals surface area contributed by atoms with Crippen LogP contribution in [-0.4, -0.2) is 25.8 Å². The predicted molar refractivity (Wildman–Crippen MR) is 115 cm³/mol. The third-order valence-corrected chi connectivity index (χ3v) is 4.97. The van der Waals surface area contributed by atoms with Gasteiger partial charge < -0.3 is 19.5 Å². The van der Waals surface area contributed by atoms with Crippen LogP contribution in [0, 0.1) is 11.3 Å². The molecule has 0 fully saturated rings. The highest BCUT2D eigenvalue weighted by atomic mass is 32.1. The molecule has 0 radical (unpaired) electrons. The van der Waals surface area contributed by atoms with Crippen LogP contribution in [0.15, 0.2) is 54.0 Å². The number of nitrogens with zero attached hydrogens (tertiary/aromatic N) is 2. The summed E-state index contributed by atoms with van der Waals surface area (Å²) in [7, 11) is 3.19. The van der Waals surface area contributed by atoms with E-state index in [0.29, 0.717) is 34.4 Å². The summed E-state index contributed by atoms with van der Waals surface area (Å²) in [5.41, 5.74) is 2.91. The van der Waals surface area contributed by atoms with E-state index in [1.807, 2.05) is 42.6 Å². The molecule has 148 valence electrons. The highest BCUT2D eigenvalue weighted by molar-refractivity contribution is 7.11. The molecule has 0 atom stereocenters. The summed E-state index contributed by atoms with van der Waals surface area (Å²) in [4.78, 5) is 4.61. The van der Waals surface area contributed by atoms with Crippen molar-refractivity contribution in [2.75, 3.05) is 26.1 Å². The van der Waals surface area contributed by atoms with Gasteiger partial charge in [0.05, 0.1) is 32.2 Å². The molecule has 0 bridgehead atoms. The summed E-state index contributed by atoms with van der Waals surface area (Å²) in [5, 5.41) is 15.3. The summed E-state index contributed by atoms with van der Waals surface area (Å²) in [6.07, 6.45) is 1.62. The Hall–Kier alpha value is -3.50. The second-order valence-electron chi connectivity index (χ2n) is 5.88. The summed E-state index contributed by atoms with van der Waals surface area (Å²) in [5.74, 6) is 2.15. The van der Waals surface area contributed by atoms with Gasteiger partial charge in [-0.1, -0.05) is 0 Å². The smallest absolute Gasteiger partial charge is 0.142 e. The Labute approximate surface area is 174 Å². The van der Waals surface area contributed by atoms with Crippen molar-refractivity contribution in [3.8, 4) is 34.6 Å². The number of benzene rings is 2. The van der Waals surface area contributed by atoms with Crippen molar-refractivity contribution in [2.24, 2.45) is 0 Å².